The van der Waals surface area contributed by atoms with Gasteiger partial charge in [0.05, 0.1) is 18.8 Å². The van der Waals surface area contributed by atoms with Crippen LogP contribution >= 0.6 is 0 Å². The molecule has 0 aliphatic carbocycles. The quantitative estimate of drug-likeness (QED) is 0.0366. The summed E-state index contributed by atoms with van der Waals surface area (Å²) in [5.74, 6) is -0.519. The lowest BCUT2D eigenvalue weighted by molar-refractivity contribution is -0.131. The number of carbonyl (C=O) groups excluding carboxylic acids is 1. The normalized spacial score (nSPS) is 13.9. The molecule has 0 aromatic rings. The van der Waals surface area contributed by atoms with Crippen LogP contribution < -0.4 is 5.32 Å². The van der Waals surface area contributed by atoms with Crippen molar-refractivity contribution in [1.29, 1.82) is 0 Å². The molecule has 328 valence electrons. The van der Waals surface area contributed by atoms with E-state index in [0.717, 1.165) is 51.4 Å². The minimum absolute atomic E-state index is 0.382. The van der Waals surface area contributed by atoms with Crippen LogP contribution in [-0.2, 0) is 4.79 Å². The fourth-order valence-corrected chi connectivity index (χ4v) is 7.34. The first kappa shape index (κ1) is 54.3. The predicted octanol–water partition coefficient (Wildman–Crippen LogP) is 14.5. The van der Waals surface area contributed by atoms with E-state index in [1.807, 2.05) is 6.08 Å². The van der Waals surface area contributed by atoms with Gasteiger partial charge in [0.2, 0.25) is 5.91 Å². The van der Waals surface area contributed by atoms with Crippen molar-refractivity contribution < 1.29 is 20.1 Å². The Labute approximate surface area is 348 Å². The van der Waals surface area contributed by atoms with Gasteiger partial charge in [-0.15, -0.1) is 0 Å². The Morgan fingerprint density at radius 3 is 1.18 bits per heavy atom. The van der Waals surface area contributed by atoms with Gasteiger partial charge >= 0.3 is 0 Å². The van der Waals surface area contributed by atoms with E-state index >= 15 is 0 Å². The molecule has 0 bridgehead atoms. The first-order valence-electron chi connectivity index (χ1n) is 24.5. The van der Waals surface area contributed by atoms with E-state index in [-0.39, 0.29) is 6.61 Å². The summed E-state index contributed by atoms with van der Waals surface area (Å²) in [6.45, 7) is 4.05. The maximum Gasteiger partial charge on any atom is 0.249 e. The molecule has 5 nitrogen and oxygen atoms in total. The molecule has 4 N–H and O–H groups in total. The molecule has 0 aliphatic rings. The molecule has 0 spiro atoms. The van der Waals surface area contributed by atoms with Crippen molar-refractivity contribution in [3.05, 3.63) is 48.6 Å². The Bertz CT molecular complexity index is 912. The van der Waals surface area contributed by atoms with Gasteiger partial charge in [0.1, 0.15) is 6.10 Å². The zero-order valence-electron chi connectivity index (χ0n) is 37.3. The first-order chi connectivity index (χ1) is 27.6. The number of amides is 1. The smallest absolute Gasteiger partial charge is 0.249 e. The van der Waals surface area contributed by atoms with E-state index in [4.69, 9.17) is 0 Å². The zero-order valence-corrected chi connectivity index (χ0v) is 37.3. The lowest BCUT2D eigenvalue weighted by Gasteiger charge is -2.21. The highest BCUT2D eigenvalue weighted by Gasteiger charge is 2.22. The third-order valence-electron chi connectivity index (χ3n) is 11.1. The van der Waals surface area contributed by atoms with Crippen LogP contribution in [0.15, 0.2) is 48.6 Å². The fraction of sp³-hybridized carbons (Fsp3) is 0.824. The molecule has 56 heavy (non-hydrogen) atoms. The maximum absolute atomic E-state index is 12.4. The number of allylic oxidation sites excluding steroid dienone is 7. The summed E-state index contributed by atoms with van der Waals surface area (Å²) in [5, 5.41) is 33.0. The largest absolute Gasteiger partial charge is 0.394 e. The highest BCUT2D eigenvalue weighted by Crippen LogP contribution is 2.16. The molecule has 0 saturated heterocycles. The summed E-state index contributed by atoms with van der Waals surface area (Å²) in [6, 6.07) is -0.819. The number of aliphatic hydroxyl groups excluding tert-OH is 3. The molecule has 0 fully saturated rings. The van der Waals surface area contributed by atoms with Gasteiger partial charge in [-0.05, 0) is 64.2 Å². The molecule has 3 atom stereocenters. The molecule has 1 amide bonds. The Kier molecular flexibility index (Phi) is 44.6. The number of rotatable bonds is 44. The lowest BCUT2D eigenvalue weighted by atomic mass is 10.0. The van der Waals surface area contributed by atoms with E-state index in [0.29, 0.717) is 6.42 Å². The van der Waals surface area contributed by atoms with Crippen LogP contribution in [0.4, 0.5) is 0 Å². The van der Waals surface area contributed by atoms with Crippen molar-refractivity contribution in [1.82, 2.24) is 5.32 Å². The topological polar surface area (TPSA) is 89.8 Å². The number of hydrogen-bond donors (Lipinski definition) is 4. The van der Waals surface area contributed by atoms with Crippen molar-refractivity contribution in [3.63, 3.8) is 0 Å². The van der Waals surface area contributed by atoms with Crippen LogP contribution in [-0.4, -0.2) is 46.1 Å². The lowest BCUT2D eigenvalue weighted by Crippen LogP contribution is -2.48. The SMILES string of the molecule is CC/C=C/CC/C=C/CC/C=C/C(O)C(CO)NC(=O)C(O)CCCCCCCCCCCCCCCCCC/C=C\CCCCCCCCCCCCCC. The van der Waals surface area contributed by atoms with E-state index in [1.165, 1.54) is 173 Å². The monoisotopic (exact) mass is 786 g/mol. The Morgan fingerprint density at radius 2 is 0.786 bits per heavy atom. The summed E-state index contributed by atoms with van der Waals surface area (Å²) in [5.41, 5.74) is 0. The van der Waals surface area contributed by atoms with Crippen molar-refractivity contribution >= 4 is 5.91 Å². The van der Waals surface area contributed by atoms with Crippen LogP contribution in [0.5, 0.6) is 0 Å². The molecule has 0 aliphatic heterocycles. The van der Waals surface area contributed by atoms with Gasteiger partial charge in [-0.25, -0.2) is 0 Å². The molecule has 3 unspecified atom stereocenters. The average molecular weight is 786 g/mol. The zero-order chi connectivity index (χ0) is 40.8. The van der Waals surface area contributed by atoms with Crippen molar-refractivity contribution in [2.45, 2.75) is 263 Å². The van der Waals surface area contributed by atoms with Gasteiger partial charge < -0.3 is 20.6 Å². The van der Waals surface area contributed by atoms with Crippen molar-refractivity contribution in [2.75, 3.05) is 6.61 Å². The van der Waals surface area contributed by atoms with Gasteiger partial charge in [0.25, 0.3) is 0 Å². The molecule has 0 saturated carbocycles. The standard InChI is InChI=1S/C51H95NO4/c1-3-5-7-9-11-13-15-16-17-18-19-20-21-22-23-24-25-26-27-28-29-30-31-32-33-34-35-36-38-40-42-44-46-50(55)51(56)52-48(47-53)49(54)45-43-41-39-37-14-12-10-8-6-4-2/h6,8,14,22-23,37,43,45,48-50,53-55H,3-5,7,9-13,15-21,24-36,38-42,44,46-47H2,1-2H3,(H,52,56)/b8-6+,23-22-,37-14+,45-43+. The number of aliphatic hydroxyl groups is 3. The van der Waals surface area contributed by atoms with Gasteiger partial charge in [0, 0.05) is 0 Å². The molecule has 0 radical (unpaired) electrons. The second kappa shape index (κ2) is 46.0. The summed E-state index contributed by atoms with van der Waals surface area (Å²) in [7, 11) is 0. The molecule has 0 heterocycles. The van der Waals surface area contributed by atoms with Gasteiger partial charge in [-0.2, -0.15) is 0 Å². The molecule has 5 heteroatoms. The van der Waals surface area contributed by atoms with Crippen LogP contribution in [0.25, 0.3) is 0 Å². The Hall–Kier alpha value is -1.69. The van der Waals surface area contributed by atoms with Gasteiger partial charge in [0.15, 0.2) is 0 Å². The number of carbonyl (C=O) groups is 1. The highest BCUT2D eigenvalue weighted by molar-refractivity contribution is 5.80. The third-order valence-corrected chi connectivity index (χ3v) is 11.1. The predicted molar refractivity (Wildman–Crippen MR) is 245 cm³/mol. The molecule has 0 aromatic carbocycles. The fourth-order valence-electron chi connectivity index (χ4n) is 7.34. The number of nitrogens with one attached hydrogen (secondary N) is 1. The summed E-state index contributed by atoms with van der Waals surface area (Å²) < 4.78 is 0. The molecule has 0 aromatic heterocycles. The minimum Gasteiger partial charge on any atom is -0.394 e. The molecular weight excluding hydrogens is 691 g/mol. The Balaban J connectivity index is 3.50. The van der Waals surface area contributed by atoms with Gasteiger partial charge in [-0.3, -0.25) is 4.79 Å². The average Bonchev–Trinajstić information content (AvgIpc) is 3.20. The van der Waals surface area contributed by atoms with Crippen molar-refractivity contribution in [3.8, 4) is 0 Å². The van der Waals surface area contributed by atoms with Gasteiger partial charge in [-0.1, -0.05) is 229 Å². The highest BCUT2D eigenvalue weighted by atomic mass is 16.3. The maximum atomic E-state index is 12.4. The van der Waals surface area contributed by atoms with E-state index in [9.17, 15) is 20.1 Å². The molecular formula is C51H95NO4. The Morgan fingerprint density at radius 1 is 0.446 bits per heavy atom. The van der Waals surface area contributed by atoms with Crippen molar-refractivity contribution in [2.24, 2.45) is 0 Å². The summed E-state index contributed by atoms with van der Waals surface area (Å²) in [6.07, 6.45) is 60.5. The second-order valence-corrected chi connectivity index (χ2v) is 16.6. The summed E-state index contributed by atoms with van der Waals surface area (Å²) >= 11 is 0. The number of hydrogen-bond acceptors (Lipinski definition) is 4. The van der Waals surface area contributed by atoms with E-state index in [2.05, 4.69) is 55.6 Å². The summed E-state index contributed by atoms with van der Waals surface area (Å²) in [4.78, 5) is 12.4. The first-order valence-corrected chi connectivity index (χ1v) is 24.5. The van der Waals surface area contributed by atoms with Crippen LogP contribution in [0, 0.1) is 0 Å². The van der Waals surface area contributed by atoms with Crippen LogP contribution in [0.1, 0.15) is 245 Å². The van der Waals surface area contributed by atoms with Crippen LogP contribution in [0.2, 0.25) is 0 Å². The van der Waals surface area contributed by atoms with E-state index in [1.54, 1.807) is 6.08 Å². The van der Waals surface area contributed by atoms with Crippen LogP contribution in [0.3, 0.4) is 0 Å². The molecule has 0 rings (SSSR count). The second-order valence-electron chi connectivity index (χ2n) is 16.6. The minimum atomic E-state index is -1.11. The van der Waals surface area contributed by atoms with E-state index < -0.39 is 24.2 Å². The third kappa shape index (κ3) is 40.5. The number of unbranched alkanes of at least 4 members (excludes halogenated alkanes) is 30.